The van der Waals surface area contributed by atoms with E-state index >= 15 is 0 Å². The van der Waals surface area contributed by atoms with Crippen molar-refractivity contribution in [1.29, 1.82) is 0 Å². The average molecular weight is 366 g/mol. The SMILES string of the molecule is Oc1ccccc1-c1cc2c(nn1)NCC1CN(C3CCNCC3)CCN21. The van der Waals surface area contributed by atoms with Gasteiger partial charge in [-0.1, -0.05) is 12.1 Å². The van der Waals surface area contributed by atoms with Gasteiger partial charge in [0.1, 0.15) is 5.75 Å². The molecule has 27 heavy (non-hydrogen) atoms. The zero-order chi connectivity index (χ0) is 18.2. The minimum absolute atomic E-state index is 0.239. The van der Waals surface area contributed by atoms with Gasteiger partial charge in [-0.2, -0.15) is 0 Å². The van der Waals surface area contributed by atoms with Gasteiger partial charge in [0, 0.05) is 37.8 Å². The summed E-state index contributed by atoms with van der Waals surface area (Å²) in [4.78, 5) is 5.15. The number of anilines is 2. The Labute approximate surface area is 159 Å². The van der Waals surface area contributed by atoms with Crippen LogP contribution in [0.2, 0.25) is 0 Å². The molecular formula is C20H26N6O. The molecule has 3 aliphatic heterocycles. The third kappa shape index (κ3) is 3.11. The Hall–Kier alpha value is -2.38. The fraction of sp³-hybridized carbons (Fsp3) is 0.500. The maximum Gasteiger partial charge on any atom is 0.172 e. The molecule has 0 saturated carbocycles. The number of para-hydroxylation sites is 1. The lowest BCUT2D eigenvalue weighted by molar-refractivity contribution is 0.135. The second kappa shape index (κ2) is 6.98. The normalized spacial score (nSPS) is 23.4. The van der Waals surface area contributed by atoms with Crippen LogP contribution < -0.4 is 15.5 Å². The molecule has 2 fully saturated rings. The van der Waals surface area contributed by atoms with Gasteiger partial charge in [-0.05, 0) is 44.1 Å². The van der Waals surface area contributed by atoms with Crippen molar-refractivity contribution in [1.82, 2.24) is 20.4 Å². The second-order valence-corrected chi connectivity index (χ2v) is 7.68. The van der Waals surface area contributed by atoms with Crippen molar-refractivity contribution >= 4 is 11.5 Å². The van der Waals surface area contributed by atoms with Crippen LogP contribution in [0, 0.1) is 0 Å². The Morgan fingerprint density at radius 1 is 1.04 bits per heavy atom. The Morgan fingerprint density at radius 2 is 1.89 bits per heavy atom. The van der Waals surface area contributed by atoms with E-state index in [0.717, 1.165) is 62.0 Å². The first-order chi connectivity index (χ1) is 13.3. The fourth-order valence-electron chi connectivity index (χ4n) is 4.64. The molecule has 0 spiro atoms. The first-order valence-electron chi connectivity index (χ1n) is 9.91. The minimum Gasteiger partial charge on any atom is -0.507 e. The van der Waals surface area contributed by atoms with E-state index in [4.69, 9.17) is 0 Å². The number of hydrogen-bond acceptors (Lipinski definition) is 7. The topological polar surface area (TPSA) is 76.5 Å². The molecule has 5 rings (SSSR count). The Morgan fingerprint density at radius 3 is 2.74 bits per heavy atom. The molecule has 0 bridgehead atoms. The third-order valence-electron chi connectivity index (χ3n) is 6.11. The van der Waals surface area contributed by atoms with Gasteiger partial charge in [0.05, 0.1) is 17.4 Å². The first kappa shape index (κ1) is 16.8. The van der Waals surface area contributed by atoms with E-state index in [0.29, 0.717) is 12.1 Å². The number of benzene rings is 1. The lowest BCUT2D eigenvalue weighted by Crippen LogP contribution is -2.60. The molecule has 7 heteroatoms. The fourth-order valence-corrected chi connectivity index (χ4v) is 4.64. The summed E-state index contributed by atoms with van der Waals surface area (Å²) < 4.78 is 0. The van der Waals surface area contributed by atoms with Crippen molar-refractivity contribution in [3.8, 4) is 17.0 Å². The largest absolute Gasteiger partial charge is 0.507 e. The van der Waals surface area contributed by atoms with E-state index in [9.17, 15) is 5.11 Å². The zero-order valence-corrected chi connectivity index (χ0v) is 15.4. The number of piperazine rings is 1. The van der Waals surface area contributed by atoms with E-state index in [1.807, 2.05) is 18.2 Å². The van der Waals surface area contributed by atoms with Crippen LogP contribution in [-0.4, -0.2) is 71.6 Å². The third-order valence-corrected chi connectivity index (χ3v) is 6.11. The van der Waals surface area contributed by atoms with Crippen molar-refractivity contribution in [2.24, 2.45) is 0 Å². The van der Waals surface area contributed by atoms with Crippen LogP contribution in [0.4, 0.5) is 11.5 Å². The molecule has 0 aliphatic carbocycles. The summed E-state index contributed by atoms with van der Waals surface area (Å²) in [5.41, 5.74) is 2.54. The molecule has 4 heterocycles. The van der Waals surface area contributed by atoms with Gasteiger partial charge in [0.2, 0.25) is 0 Å². The molecule has 2 aromatic rings. The number of nitrogens with zero attached hydrogens (tertiary/aromatic N) is 4. The summed E-state index contributed by atoms with van der Waals surface area (Å²) in [6, 6.07) is 10.5. The van der Waals surface area contributed by atoms with Crippen molar-refractivity contribution in [3.05, 3.63) is 30.3 Å². The number of aromatic nitrogens is 2. The lowest BCUT2D eigenvalue weighted by Gasteiger charge is -2.48. The smallest absolute Gasteiger partial charge is 0.172 e. The van der Waals surface area contributed by atoms with Gasteiger partial charge < -0.3 is 20.6 Å². The van der Waals surface area contributed by atoms with Gasteiger partial charge in [0.15, 0.2) is 5.82 Å². The first-order valence-corrected chi connectivity index (χ1v) is 9.91. The van der Waals surface area contributed by atoms with Crippen LogP contribution in [0.1, 0.15) is 12.8 Å². The Bertz CT molecular complexity index is 822. The van der Waals surface area contributed by atoms with Gasteiger partial charge >= 0.3 is 0 Å². The molecule has 3 N–H and O–H groups in total. The second-order valence-electron chi connectivity index (χ2n) is 7.68. The summed E-state index contributed by atoms with van der Waals surface area (Å²) in [6.45, 7) is 6.36. The number of piperidine rings is 1. The van der Waals surface area contributed by atoms with E-state index in [1.165, 1.54) is 12.8 Å². The van der Waals surface area contributed by atoms with Crippen molar-refractivity contribution in [3.63, 3.8) is 0 Å². The van der Waals surface area contributed by atoms with E-state index < -0.39 is 0 Å². The van der Waals surface area contributed by atoms with E-state index in [2.05, 4.69) is 36.7 Å². The minimum atomic E-state index is 0.239. The number of aromatic hydroxyl groups is 1. The van der Waals surface area contributed by atoms with Crippen LogP contribution in [0.15, 0.2) is 30.3 Å². The summed E-state index contributed by atoms with van der Waals surface area (Å²) in [5, 5.41) is 25.8. The molecule has 1 aromatic carbocycles. The molecular weight excluding hydrogens is 340 g/mol. The highest BCUT2D eigenvalue weighted by atomic mass is 16.3. The highest BCUT2D eigenvalue weighted by Crippen LogP contribution is 2.36. The highest BCUT2D eigenvalue weighted by molar-refractivity contribution is 5.76. The zero-order valence-electron chi connectivity index (χ0n) is 15.4. The van der Waals surface area contributed by atoms with Crippen molar-refractivity contribution < 1.29 is 5.11 Å². The van der Waals surface area contributed by atoms with Crippen LogP contribution in [0.5, 0.6) is 5.75 Å². The maximum atomic E-state index is 10.2. The summed E-state index contributed by atoms with van der Waals surface area (Å²) in [6.07, 6.45) is 2.50. The molecule has 7 nitrogen and oxygen atoms in total. The summed E-state index contributed by atoms with van der Waals surface area (Å²) >= 11 is 0. The Kier molecular flexibility index (Phi) is 4.33. The molecule has 0 amide bonds. The monoisotopic (exact) mass is 366 g/mol. The number of phenolic OH excluding ortho intramolecular Hbond substituents is 1. The molecule has 1 aromatic heterocycles. The predicted molar refractivity (Wildman–Crippen MR) is 106 cm³/mol. The van der Waals surface area contributed by atoms with Gasteiger partial charge in [-0.25, -0.2) is 0 Å². The Balaban J connectivity index is 1.40. The number of phenols is 1. The van der Waals surface area contributed by atoms with Gasteiger partial charge in [-0.3, -0.25) is 4.90 Å². The van der Waals surface area contributed by atoms with Crippen molar-refractivity contribution in [2.75, 3.05) is 49.5 Å². The van der Waals surface area contributed by atoms with Crippen LogP contribution in [0.25, 0.3) is 11.3 Å². The van der Waals surface area contributed by atoms with Gasteiger partial charge in [0.25, 0.3) is 0 Å². The lowest BCUT2D eigenvalue weighted by atomic mass is 10.00. The quantitative estimate of drug-likeness (QED) is 0.744. The number of fused-ring (bicyclic) bond motifs is 3. The summed E-state index contributed by atoms with van der Waals surface area (Å²) in [7, 11) is 0. The van der Waals surface area contributed by atoms with Crippen LogP contribution >= 0.6 is 0 Å². The molecule has 2 saturated heterocycles. The van der Waals surface area contributed by atoms with Crippen LogP contribution in [0.3, 0.4) is 0 Å². The number of nitrogens with one attached hydrogen (secondary N) is 2. The van der Waals surface area contributed by atoms with E-state index in [1.54, 1.807) is 6.07 Å². The van der Waals surface area contributed by atoms with E-state index in [-0.39, 0.29) is 5.75 Å². The van der Waals surface area contributed by atoms with Gasteiger partial charge in [-0.15, -0.1) is 10.2 Å². The maximum absolute atomic E-state index is 10.2. The standard InChI is InChI=1S/C20H26N6O/c27-19-4-2-1-3-16(19)17-11-18-20(24-23-17)22-12-15-13-25(9-10-26(15)18)14-5-7-21-8-6-14/h1-4,11,14-15,21,27H,5-10,12-13H2,(H,22,24). The number of rotatable bonds is 2. The molecule has 142 valence electrons. The molecule has 3 aliphatic rings. The number of hydrogen-bond donors (Lipinski definition) is 3. The average Bonchev–Trinajstić information content (AvgIpc) is 2.74. The molecule has 0 radical (unpaired) electrons. The molecule has 1 unspecified atom stereocenters. The summed E-state index contributed by atoms with van der Waals surface area (Å²) in [5.74, 6) is 1.09. The van der Waals surface area contributed by atoms with Crippen LogP contribution in [-0.2, 0) is 0 Å². The molecule has 1 atom stereocenters. The van der Waals surface area contributed by atoms with Crippen molar-refractivity contribution in [2.45, 2.75) is 24.9 Å². The highest BCUT2D eigenvalue weighted by Gasteiger charge is 2.35. The predicted octanol–water partition coefficient (Wildman–Crippen LogP) is 1.52.